The molecule has 1 amide bonds. The molecule has 0 bridgehead atoms. The summed E-state index contributed by atoms with van der Waals surface area (Å²) in [4.78, 5) is 27.0. The predicted octanol–water partition coefficient (Wildman–Crippen LogP) is 0.396. The molecule has 5 heteroatoms. The van der Waals surface area contributed by atoms with E-state index < -0.39 is 11.5 Å². The van der Waals surface area contributed by atoms with E-state index in [0.29, 0.717) is 0 Å². The van der Waals surface area contributed by atoms with Crippen LogP contribution < -0.4 is 5.48 Å². The molecular formula is C9H15NO4. The van der Waals surface area contributed by atoms with Gasteiger partial charge in [0.05, 0.1) is 18.9 Å². The molecule has 1 aliphatic heterocycles. The van der Waals surface area contributed by atoms with Gasteiger partial charge in [-0.15, -0.1) is 0 Å². The van der Waals surface area contributed by atoms with Crippen molar-refractivity contribution in [2.24, 2.45) is 5.92 Å². The van der Waals surface area contributed by atoms with Gasteiger partial charge in [-0.25, -0.2) is 5.48 Å². The minimum atomic E-state index is -0.507. The van der Waals surface area contributed by atoms with Gasteiger partial charge < -0.3 is 4.74 Å². The van der Waals surface area contributed by atoms with E-state index in [4.69, 9.17) is 9.57 Å². The number of hydroxylamine groups is 1. The standard InChI is InChI=1S/C9H15NO4/c1-9(2,3)14-7(11)4-6-5-13-10-8(6)12/h6H,4-5H2,1-3H3,(H,10,12)/t6-/m1/s1. The van der Waals surface area contributed by atoms with E-state index in [2.05, 4.69) is 5.48 Å². The first kappa shape index (κ1) is 11.0. The predicted molar refractivity (Wildman–Crippen MR) is 48.0 cm³/mol. The molecule has 1 N–H and O–H groups in total. The fraction of sp³-hybridized carbons (Fsp3) is 0.778. The molecule has 0 aromatic rings. The molecule has 1 rings (SSSR count). The van der Waals surface area contributed by atoms with E-state index in [1.807, 2.05) is 0 Å². The van der Waals surface area contributed by atoms with Gasteiger partial charge in [0.15, 0.2) is 0 Å². The number of hydrogen-bond acceptors (Lipinski definition) is 4. The molecule has 1 aliphatic rings. The zero-order chi connectivity index (χ0) is 10.8. The number of ether oxygens (including phenoxy) is 1. The Morgan fingerprint density at radius 1 is 1.64 bits per heavy atom. The molecule has 5 nitrogen and oxygen atoms in total. The second-order valence-corrected chi connectivity index (χ2v) is 4.26. The zero-order valence-corrected chi connectivity index (χ0v) is 8.62. The molecule has 1 saturated heterocycles. The lowest BCUT2D eigenvalue weighted by Gasteiger charge is -2.19. The van der Waals surface area contributed by atoms with Crippen LogP contribution in [0.25, 0.3) is 0 Å². The summed E-state index contributed by atoms with van der Waals surface area (Å²) < 4.78 is 5.07. The summed E-state index contributed by atoms with van der Waals surface area (Å²) in [6, 6.07) is 0. The van der Waals surface area contributed by atoms with E-state index in [1.54, 1.807) is 20.8 Å². The number of carbonyl (C=O) groups is 2. The van der Waals surface area contributed by atoms with Crippen LogP contribution in [0.4, 0.5) is 0 Å². The fourth-order valence-electron chi connectivity index (χ4n) is 1.11. The molecule has 0 aliphatic carbocycles. The molecule has 1 fully saturated rings. The Hall–Kier alpha value is -1.10. The van der Waals surface area contributed by atoms with Crippen molar-refractivity contribution in [2.75, 3.05) is 6.61 Å². The van der Waals surface area contributed by atoms with Crippen molar-refractivity contribution in [1.29, 1.82) is 0 Å². The van der Waals surface area contributed by atoms with E-state index in [9.17, 15) is 9.59 Å². The Morgan fingerprint density at radius 2 is 2.29 bits per heavy atom. The van der Waals surface area contributed by atoms with Crippen LogP contribution in [0.1, 0.15) is 27.2 Å². The van der Waals surface area contributed by atoms with Crippen molar-refractivity contribution < 1.29 is 19.2 Å². The maximum Gasteiger partial charge on any atom is 0.307 e. The first-order valence-electron chi connectivity index (χ1n) is 4.52. The SMILES string of the molecule is CC(C)(C)OC(=O)C[C@@H]1CONC1=O. The van der Waals surface area contributed by atoms with Crippen molar-refractivity contribution in [2.45, 2.75) is 32.8 Å². The van der Waals surface area contributed by atoms with Gasteiger partial charge in [-0.05, 0) is 20.8 Å². The monoisotopic (exact) mass is 201 g/mol. The van der Waals surface area contributed by atoms with Gasteiger partial charge in [-0.3, -0.25) is 14.4 Å². The van der Waals surface area contributed by atoms with Gasteiger partial charge in [0.1, 0.15) is 5.60 Å². The van der Waals surface area contributed by atoms with E-state index in [1.165, 1.54) is 0 Å². The smallest absolute Gasteiger partial charge is 0.307 e. The molecule has 80 valence electrons. The topological polar surface area (TPSA) is 64.6 Å². The lowest BCUT2D eigenvalue weighted by Crippen LogP contribution is -2.27. The van der Waals surface area contributed by atoms with Crippen LogP contribution in [0.3, 0.4) is 0 Å². The highest BCUT2D eigenvalue weighted by atomic mass is 16.7. The Kier molecular flexibility index (Phi) is 3.10. The highest BCUT2D eigenvalue weighted by Gasteiger charge is 2.29. The van der Waals surface area contributed by atoms with E-state index in [0.717, 1.165) is 0 Å². The maximum absolute atomic E-state index is 11.3. The van der Waals surface area contributed by atoms with Crippen molar-refractivity contribution in [3.63, 3.8) is 0 Å². The van der Waals surface area contributed by atoms with Crippen molar-refractivity contribution in [3.05, 3.63) is 0 Å². The van der Waals surface area contributed by atoms with Crippen LogP contribution in [-0.4, -0.2) is 24.1 Å². The second kappa shape index (κ2) is 3.96. The number of amides is 1. The molecule has 0 spiro atoms. The highest BCUT2D eigenvalue weighted by Crippen LogP contribution is 2.14. The Bertz CT molecular complexity index is 244. The van der Waals surface area contributed by atoms with Crippen molar-refractivity contribution >= 4 is 11.9 Å². The second-order valence-electron chi connectivity index (χ2n) is 4.26. The lowest BCUT2D eigenvalue weighted by atomic mass is 10.1. The molecule has 0 radical (unpaired) electrons. The van der Waals surface area contributed by atoms with Crippen LogP contribution in [0.15, 0.2) is 0 Å². The third-order valence-corrected chi connectivity index (χ3v) is 1.66. The van der Waals surface area contributed by atoms with Gasteiger partial charge in [0.25, 0.3) is 0 Å². The van der Waals surface area contributed by atoms with Crippen molar-refractivity contribution in [1.82, 2.24) is 5.48 Å². The normalized spacial score (nSPS) is 21.9. The first-order chi connectivity index (χ1) is 6.38. The molecule has 14 heavy (non-hydrogen) atoms. The Morgan fingerprint density at radius 3 is 2.71 bits per heavy atom. The van der Waals surface area contributed by atoms with Gasteiger partial charge in [-0.1, -0.05) is 0 Å². The fourth-order valence-corrected chi connectivity index (χ4v) is 1.11. The number of esters is 1. The maximum atomic E-state index is 11.3. The quantitative estimate of drug-likeness (QED) is 0.656. The van der Waals surface area contributed by atoms with Crippen LogP contribution in [-0.2, 0) is 19.2 Å². The minimum Gasteiger partial charge on any atom is -0.460 e. The number of rotatable bonds is 2. The molecule has 0 aromatic carbocycles. The lowest BCUT2D eigenvalue weighted by molar-refractivity contribution is -0.156. The van der Waals surface area contributed by atoms with E-state index in [-0.39, 0.29) is 24.9 Å². The molecule has 1 atom stereocenters. The summed E-state index contributed by atoms with van der Waals surface area (Å²) in [7, 11) is 0. The third kappa shape index (κ3) is 3.33. The summed E-state index contributed by atoms with van der Waals surface area (Å²) in [5, 5.41) is 0. The van der Waals surface area contributed by atoms with Crippen molar-refractivity contribution in [3.8, 4) is 0 Å². The molecule has 0 aromatic heterocycles. The van der Waals surface area contributed by atoms with Gasteiger partial charge in [0, 0.05) is 0 Å². The summed E-state index contributed by atoms with van der Waals surface area (Å²) >= 11 is 0. The van der Waals surface area contributed by atoms with Gasteiger partial charge in [-0.2, -0.15) is 0 Å². The first-order valence-corrected chi connectivity index (χ1v) is 4.52. The van der Waals surface area contributed by atoms with Crippen LogP contribution >= 0.6 is 0 Å². The summed E-state index contributed by atoms with van der Waals surface area (Å²) in [6.07, 6.45) is 0.0725. The number of nitrogens with one attached hydrogen (secondary N) is 1. The van der Waals surface area contributed by atoms with Crippen LogP contribution in [0, 0.1) is 5.92 Å². The average molecular weight is 201 g/mol. The summed E-state index contributed by atoms with van der Waals surface area (Å²) in [6.45, 7) is 5.60. The molecular weight excluding hydrogens is 186 g/mol. The molecule has 0 unspecified atom stereocenters. The number of carbonyl (C=O) groups excluding carboxylic acids is 2. The zero-order valence-electron chi connectivity index (χ0n) is 8.62. The Labute approximate surface area is 82.7 Å². The third-order valence-electron chi connectivity index (χ3n) is 1.66. The molecule has 1 heterocycles. The summed E-state index contributed by atoms with van der Waals surface area (Å²) in [5.41, 5.74) is 1.68. The number of hydrogen-bond donors (Lipinski definition) is 1. The summed E-state index contributed by atoms with van der Waals surface area (Å²) in [5.74, 6) is -1.04. The largest absolute Gasteiger partial charge is 0.460 e. The van der Waals surface area contributed by atoms with E-state index >= 15 is 0 Å². The minimum absolute atomic E-state index is 0.0725. The van der Waals surface area contributed by atoms with Crippen LogP contribution in [0.2, 0.25) is 0 Å². The highest BCUT2D eigenvalue weighted by molar-refractivity contribution is 5.84. The molecule has 0 saturated carbocycles. The average Bonchev–Trinajstić information content (AvgIpc) is 2.32. The van der Waals surface area contributed by atoms with Crippen LogP contribution in [0.5, 0.6) is 0 Å². The van der Waals surface area contributed by atoms with Gasteiger partial charge in [0.2, 0.25) is 5.91 Å². The van der Waals surface area contributed by atoms with Gasteiger partial charge >= 0.3 is 5.97 Å². The Balaban J connectivity index is 2.37.